The smallest absolute Gasteiger partial charge is 0.344 e. The molecule has 3 rings (SSSR count). The molecule has 1 heterocycles. The van der Waals surface area contributed by atoms with Gasteiger partial charge >= 0.3 is 5.97 Å². The highest BCUT2D eigenvalue weighted by Crippen LogP contribution is 2.40. The van der Waals surface area contributed by atoms with Crippen molar-refractivity contribution in [3.63, 3.8) is 0 Å². The first kappa shape index (κ1) is 18.3. The first-order valence-corrected chi connectivity index (χ1v) is 9.18. The third kappa shape index (κ3) is 4.18. The molecular weight excluding hydrogens is 370 g/mol. The van der Waals surface area contributed by atoms with E-state index < -0.39 is 5.97 Å². The van der Waals surface area contributed by atoms with Crippen molar-refractivity contribution in [2.75, 3.05) is 6.61 Å². The number of carbonyl (C=O) groups is 1. The Balaban J connectivity index is 2.04. The number of ether oxygens (including phenoxy) is 1. The van der Waals surface area contributed by atoms with Gasteiger partial charge in [-0.1, -0.05) is 59.8 Å². The van der Waals surface area contributed by atoms with Gasteiger partial charge in [0.1, 0.15) is 16.4 Å². The van der Waals surface area contributed by atoms with E-state index in [2.05, 4.69) is 4.99 Å². The Kier molecular flexibility index (Phi) is 5.81. The van der Waals surface area contributed by atoms with Crippen molar-refractivity contribution in [3.05, 3.63) is 81.4 Å². The highest BCUT2D eigenvalue weighted by Gasteiger charge is 2.33. The first-order chi connectivity index (χ1) is 12.6. The molecule has 26 heavy (non-hydrogen) atoms. The van der Waals surface area contributed by atoms with Gasteiger partial charge in [0, 0.05) is 5.02 Å². The molecule has 0 spiro atoms. The quantitative estimate of drug-likeness (QED) is 0.702. The molecule has 0 radical (unpaired) electrons. The van der Waals surface area contributed by atoms with Crippen LogP contribution >= 0.6 is 23.4 Å². The maximum atomic E-state index is 12.3. The highest BCUT2D eigenvalue weighted by molar-refractivity contribution is 8.18. The van der Waals surface area contributed by atoms with Crippen LogP contribution in [0.4, 0.5) is 5.69 Å². The second-order valence-electron chi connectivity index (χ2n) is 5.36. The summed E-state index contributed by atoms with van der Waals surface area (Å²) in [6.45, 7) is 1.93. The van der Waals surface area contributed by atoms with E-state index in [-0.39, 0.29) is 17.9 Å². The molecule has 4 nitrogen and oxygen atoms in total. The monoisotopic (exact) mass is 385 g/mol. The summed E-state index contributed by atoms with van der Waals surface area (Å²) in [4.78, 5) is 17.4. The summed E-state index contributed by atoms with van der Waals surface area (Å²) in [5.74, 6) is -0.729. The fourth-order valence-corrected chi connectivity index (χ4v) is 3.58. The number of hydrogen-bond acceptors (Lipinski definition) is 5. The number of benzene rings is 2. The van der Waals surface area contributed by atoms with Crippen LogP contribution < -0.4 is 0 Å². The van der Waals surface area contributed by atoms with E-state index in [1.807, 2.05) is 30.3 Å². The fourth-order valence-electron chi connectivity index (χ4n) is 2.36. The zero-order chi connectivity index (χ0) is 18.5. The van der Waals surface area contributed by atoms with E-state index in [1.165, 1.54) is 11.8 Å². The van der Waals surface area contributed by atoms with Crippen molar-refractivity contribution >= 4 is 46.1 Å². The summed E-state index contributed by atoms with van der Waals surface area (Å²) < 4.78 is 5.08. The first-order valence-electron chi connectivity index (χ1n) is 7.98. The summed E-state index contributed by atoms with van der Waals surface area (Å²) in [5, 5.41) is 11.5. The summed E-state index contributed by atoms with van der Waals surface area (Å²) >= 11 is 7.22. The molecule has 132 valence electrons. The van der Waals surface area contributed by atoms with E-state index in [0.29, 0.717) is 20.7 Å². The van der Waals surface area contributed by atoms with Crippen molar-refractivity contribution in [2.24, 2.45) is 4.99 Å². The van der Waals surface area contributed by atoms with Crippen LogP contribution in [0.15, 0.2) is 75.8 Å². The second-order valence-corrected chi connectivity index (χ2v) is 6.83. The fraction of sp³-hybridized carbons (Fsp3) is 0.100. The van der Waals surface area contributed by atoms with Gasteiger partial charge in [0.05, 0.1) is 17.2 Å². The van der Waals surface area contributed by atoms with Crippen molar-refractivity contribution in [3.8, 4) is 0 Å². The zero-order valence-corrected chi connectivity index (χ0v) is 15.6. The number of hydrogen-bond donors (Lipinski definition) is 1. The third-order valence-corrected chi connectivity index (χ3v) is 4.76. The molecule has 0 amide bonds. The lowest BCUT2D eigenvalue weighted by molar-refractivity contribution is -0.138. The van der Waals surface area contributed by atoms with Gasteiger partial charge in [0.25, 0.3) is 0 Å². The number of aliphatic hydroxyl groups excluding tert-OH is 1. The number of aliphatic imine (C=N–C) groups is 1. The van der Waals surface area contributed by atoms with E-state index in [0.717, 1.165) is 5.56 Å². The third-order valence-electron chi connectivity index (χ3n) is 3.51. The van der Waals surface area contributed by atoms with Gasteiger partial charge in [0.2, 0.25) is 0 Å². The molecule has 0 aromatic heterocycles. The second kappa shape index (κ2) is 8.25. The minimum absolute atomic E-state index is 0.0685. The molecule has 0 aliphatic carbocycles. The normalized spacial score (nSPS) is 17.2. The predicted molar refractivity (Wildman–Crippen MR) is 107 cm³/mol. The van der Waals surface area contributed by atoms with Crippen molar-refractivity contribution in [2.45, 2.75) is 6.92 Å². The van der Waals surface area contributed by atoms with Crippen LogP contribution in [0.3, 0.4) is 0 Å². The van der Waals surface area contributed by atoms with Gasteiger partial charge < -0.3 is 9.84 Å². The number of rotatable bonds is 4. The number of esters is 1. The molecule has 0 bridgehead atoms. The largest absolute Gasteiger partial charge is 0.506 e. The number of thioether (sulfide) groups is 1. The Labute approximate surface area is 160 Å². The topological polar surface area (TPSA) is 58.9 Å². The van der Waals surface area contributed by atoms with Gasteiger partial charge in [-0.25, -0.2) is 9.79 Å². The highest BCUT2D eigenvalue weighted by atomic mass is 35.5. The molecule has 0 saturated heterocycles. The molecular formula is C20H16ClNO3S. The van der Waals surface area contributed by atoms with Crippen LogP contribution in [0.1, 0.15) is 12.5 Å². The maximum absolute atomic E-state index is 12.3. The van der Waals surface area contributed by atoms with E-state index >= 15 is 0 Å². The maximum Gasteiger partial charge on any atom is 0.344 e. The Bertz CT molecular complexity index is 920. The predicted octanol–water partition coefficient (Wildman–Crippen LogP) is 5.53. The standard InChI is InChI=1S/C20H16ClNO3S/c1-2-25-20(24)17-18(23)16(11-13-7-4-3-5-8-13)26-19(17)22-15-10-6-9-14(21)12-15/h3-12,23H,2H2,1H3/b16-11+,22-19?. The molecule has 1 aliphatic heterocycles. The van der Waals surface area contributed by atoms with Gasteiger partial charge in [-0.05, 0) is 36.8 Å². The number of carbonyl (C=O) groups excluding carboxylic acids is 1. The lowest BCUT2D eigenvalue weighted by atomic mass is 10.1. The molecule has 0 fully saturated rings. The number of aliphatic hydroxyl groups is 1. The van der Waals surface area contributed by atoms with Crippen LogP contribution in [-0.2, 0) is 9.53 Å². The minimum Gasteiger partial charge on any atom is -0.506 e. The Hall–Kier alpha value is -2.50. The van der Waals surface area contributed by atoms with Crippen LogP contribution in [0.5, 0.6) is 0 Å². The molecule has 0 unspecified atom stereocenters. The summed E-state index contributed by atoms with van der Waals surface area (Å²) in [6, 6.07) is 16.5. The van der Waals surface area contributed by atoms with Gasteiger partial charge in [0.15, 0.2) is 0 Å². The lowest BCUT2D eigenvalue weighted by Gasteiger charge is -2.04. The van der Waals surface area contributed by atoms with Gasteiger partial charge in [-0.3, -0.25) is 0 Å². The summed E-state index contributed by atoms with van der Waals surface area (Å²) in [6.07, 6.45) is 1.81. The molecule has 2 aromatic rings. The Morgan fingerprint density at radius 3 is 2.69 bits per heavy atom. The molecule has 0 atom stereocenters. The van der Waals surface area contributed by atoms with E-state index in [9.17, 15) is 9.90 Å². The zero-order valence-electron chi connectivity index (χ0n) is 14.0. The average Bonchev–Trinajstić information content (AvgIpc) is 2.91. The SMILES string of the molecule is CCOC(=O)C1=C(O)/C(=C\c2ccccc2)SC1=Nc1cccc(Cl)c1. The Morgan fingerprint density at radius 2 is 2.00 bits per heavy atom. The average molecular weight is 386 g/mol. The van der Waals surface area contributed by atoms with Crippen LogP contribution in [0.25, 0.3) is 6.08 Å². The van der Waals surface area contributed by atoms with Crippen LogP contribution in [0, 0.1) is 0 Å². The van der Waals surface area contributed by atoms with E-state index in [4.69, 9.17) is 16.3 Å². The summed E-state index contributed by atoms with van der Waals surface area (Å²) in [7, 11) is 0. The van der Waals surface area contributed by atoms with Crippen molar-refractivity contribution < 1.29 is 14.6 Å². The molecule has 1 aliphatic rings. The minimum atomic E-state index is -0.602. The number of nitrogens with zero attached hydrogens (tertiary/aromatic N) is 1. The molecule has 6 heteroatoms. The van der Waals surface area contributed by atoms with Crippen molar-refractivity contribution in [1.82, 2.24) is 0 Å². The Morgan fingerprint density at radius 1 is 1.23 bits per heavy atom. The molecule has 0 saturated carbocycles. The van der Waals surface area contributed by atoms with Crippen LogP contribution in [0.2, 0.25) is 5.02 Å². The lowest BCUT2D eigenvalue weighted by Crippen LogP contribution is -2.12. The number of halogens is 1. The van der Waals surface area contributed by atoms with E-state index in [1.54, 1.807) is 37.3 Å². The summed E-state index contributed by atoms with van der Waals surface area (Å²) in [5.41, 5.74) is 1.57. The molecule has 2 aromatic carbocycles. The van der Waals surface area contributed by atoms with Crippen molar-refractivity contribution in [1.29, 1.82) is 0 Å². The van der Waals surface area contributed by atoms with Crippen LogP contribution in [-0.4, -0.2) is 22.7 Å². The van der Waals surface area contributed by atoms with Gasteiger partial charge in [-0.15, -0.1) is 0 Å². The molecule has 1 N–H and O–H groups in total. The van der Waals surface area contributed by atoms with Gasteiger partial charge in [-0.2, -0.15) is 0 Å².